The number of rotatable bonds is 4. The second-order valence-corrected chi connectivity index (χ2v) is 6.05. The molecule has 1 N–H and O–H groups in total. The Morgan fingerprint density at radius 1 is 1.26 bits per heavy atom. The molecular formula is C18H21F2N3O4. The number of aryl methyl sites for hydroxylation is 1. The summed E-state index contributed by atoms with van der Waals surface area (Å²) < 4.78 is 41.0. The van der Waals surface area contributed by atoms with Crippen molar-refractivity contribution < 1.29 is 23.0 Å². The van der Waals surface area contributed by atoms with Crippen LogP contribution in [0.2, 0.25) is 0 Å². The molecule has 146 valence electrons. The fourth-order valence-electron chi connectivity index (χ4n) is 3.19. The quantitative estimate of drug-likeness (QED) is 0.819. The van der Waals surface area contributed by atoms with Gasteiger partial charge in [0, 0.05) is 32.7 Å². The van der Waals surface area contributed by atoms with E-state index < -0.39 is 23.2 Å². The highest BCUT2D eigenvalue weighted by Crippen LogP contribution is 2.31. The molecule has 1 fully saturated rings. The summed E-state index contributed by atoms with van der Waals surface area (Å²) in [4.78, 5) is 25.8. The Kier molecular flexibility index (Phi) is 5.59. The Hall–Kier alpha value is -2.68. The molecule has 0 saturated carbocycles. The Balaban J connectivity index is 2.18. The van der Waals surface area contributed by atoms with Crippen LogP contribution in [-0.2, 0) is 11.3 Å². The van der Waals surface area contributed by atoms with Crippen molar-refractivity contribution in [2.75, 3.05) is 37.7 Å². The van der Waals surface area contributed by atoms with Gasteiger partial charge in [0.15, 0.2) is 11.6 Å². The summed E-state index contributed by atoms with van der Waals surface area (Å²) in [5.74, 6) is -1.96. The normalized spacial score (nSPS) is 14.4. The number of benzene rings is 1. The van der Waals surface area contributed by atoms with E-state index >= 15 is 4.39 Å². The first kappa shape index (κ1) is 19.1. The highest BCUT2D eigenvalue weighted by Gasteiger charge is 2.25. The van der Waals surface area contributed by atoms with E-state index in [4.69, 9.17) is 4.74 Å². The minimum Gasteiger partial charge on any atom is -0.434 e. The molecule has 0 bridgehead atoms. The molecule has 0 spiro atoms. The number of halogens is 2. The highest BCUT2D eigenvalue weighted by molar-refractivity contribution is 5.85. The van der Waals surface area contributed by atoms with Crippen molar-refractivity contribution in [3.63, 3.8) is 0 Å². The van der Waals surface area contributed by atoms with Gasteiger partial charge in [0.25, 0.3) is 0 Å². The third kappa shape index (κ3) is 3.59. The number of nitrogens with one attached hydrogen (secondary N) is 1. The summed E-state index contributed by atoms with van der Waals surface area (Å²) in [7, 11) is 0. The van der Waals surface area contributed by atoms with Gasteiger partial charge in [0.1, 0.15) is 11.5 Å². The minimum absolute atomic E-state index is 0.0198. The number of aromatic nitrogens is 1. The van der Waals surface area contributed by atoms with E-state index in [1.165, 1.54) is 10.8 Å². The number of hydrogen-bond acceptors (Lipinski definition) is 6. The molecule has 1 aromatic heterocycles. The van der Waals surface area contributed by atoms with Crippen LogP contribution in [0.4, 0.5) is 19.3 Å². The first-order valence-corrected chi connectivity index (χ1v) is 8.83. The summed E-state index contributed by atoms with van der Waals surface area (Å²) in [6.45, 7) is 5.85. The Bertz CT molecular complexity index is 923. The fourth-order valence-corrected chi connectivity index (χ4v) is 3.19. The molecule has 9 heteroatoms. The summed E-state index contributed by atoms with van der Waals surface area (Å²) in [5.41, 5.74) is -0.939. The van der Waals surface area contributed by atoms with Crippen molar-refractivity contribution >= 4 is 22.7 Å². The van der Waals surface area contributed by atoms with Gasteiger partial charge < -0.3 is 24.3 Å². The van der Waals surface area contributed by atoms with Gasteiger partial charge in [-0.2, -0.15) is 0 Å². The van der Waals surface area contributed by atoms with E-state index in [1.807, 2.05) is 0 Å². The molecule has 0 unspecified atom stereocenters. The number of hydrogen-bond donors (Lipinski definition) is 1. The third-order valence-corrected chi connectivity index (χ3v) is 4.43. The second-order valence-electron chi connectivity index (χ2n) is 6.05. The van der Waals surface area contributed by atoms with E-state index in [0.717, 1.165) is 6.07 Å². The van der Waals surface area contributed by atoms with Gasteiger partial charge in [-0.25, -0.2) is 13.6 Å². The molecule has 2 aromatic rings. The Morgan fingerprint density at radius 3 is 2.59 bits per heavy atom. The maximum atomic E-state index is 15.3. The topological polar surface area (TPSA) is 72.8 Å². The largest absolute Gasteiger partial charge is 0.514 e. The SMILES string of the molecule is CCOC(=O)Oc1cn(CC)c2c(F)c(N3CCNCC3)c(F)cc2c1=O. The average molecular weight is 381 g/mol. The Labute approximate surface area is 154 Å². The van der Waals surface area contributed by atoms with Crippen LogP contribution in [0.5, 0.6) is 5.75 Å². The fraction of sp³-hybridized carbons (Fsp3) is 0.444. The molecule has 7 nitrogen and oxygen atoms in total. The number of carbonyl (C=O) groups is 1. The molecule has 0 aliphatic carbocycles. The van der Waals surface area contributed by atoms with Crippen molar-refractivity contribution in [3.05, 3.63) is 34.1 Å². The van der Waals surface area contributed by atoms with E-state index in [2.05, 4.69) is 10.1 Å². The monoisotopic (exact) mass is 381 g/mol. The van der Waals surface area contributed by atoms with Gasteiger partial charge in [0.2, 0.25) is 5.43 Å². The lowest BCUT2D eigenvalue weighted by molar-refractivity contribution is 0.104. The Morgan fingerprint density at radius 2 is 1.96 bits per heavy atom. The van der Waals surface area contributed by atoms with E-state index in [9.17, 15) is 14.0 Å². The van der Waals surface area contributed by atoms with Crippen LogP contribution in [0.15, 0.2) is 17.1 Å². The molecule has 0 radical (unpaired) electrons. The van der Waals surface area contributed by atoms with Crippen molar-refractivity contribution in [2.45, 2.75) is 20.4 Å². The zero-order chi connectivity index (χ0) is 19.6. The lowest BCUT2D eigenvalue weighted by Gasteiger charge is -2.30. The predicted molar refractivity (Wildman–Crippen MR) is 96.5 cm³/mol. The minimum atomic E-state index is -1.05. The highest BCUT2D eigenvalue weighted by atomic mass is 19.1. The molecule has 1 saturated heterocycles. The number of carbonyl (C=O) groups excluding carboxylic acids is 1. The number of piperazine rings is 1. The van der Waals surface area contributed by atoms with Crippen LogP contribution in [-0.4, -0.2) is 43.5 Å². The molecule has 27 heavy (non-hydrogen) atoms. The third-order valence-electron chi connectivity index (χ3n) is 4.43. The number of fused-ring (bicyclic) bond motifs is 1. The van der Waals surface area contributed by atoms with Crippen molar-refractivity contribution in [2.24, 2.45) is 0 Å². The molecule has 0 atom stereocenters. The molecule has 1 aliphatic heterocycles. The van der Waals surface area contributed by atoms with Gasteiger partial charge in [-0.1, -0.05) is 0 Å². The molecule has 1 aliphatic rings. The van der Waals surface area contributed by atoms with Crippen LogP contribution in [0, 0.1) is 11.6 Å². The number of anilines is 1. The van der Waals surface area contributed by atoms with Gasteiger partial charge in [-0.05, 0) is 19.9 Å². The standard InChI is InChI=1S/C18H21F2N3O4/c1-3-22-10-13(27-18(25)26-4-2)17(24)11-9-12(19)16(14(20)15(11)22)23-7-5-21-6-8-23/h9-10,21H,3-8H2,1-2H3. The number of nitrogens with zero attached hydrogens (tertiary/aromatic N) is 2. The van der Waals surface area contributed by atoms with Crippen LogP contribution in [0.25, 0.3) is 10.9 Å². The number of ether oxygens (including phenoxy) is 2. The van der Waals surface area contributed by atoms with Crippen molar-refractivity contribution in [3.8, 4) is 5.75 Å². The molecule has 2 heterocycles. The van der Waals surface area contributed by atoms with Gasteiger partial charge in [-0.3, -0.25) is 4.79 Å². The first-order chi connectivity index (χ1) is 13.0. The van der Waals surface area contributed by atoms with Gasteiger partial charge in [0.05, 0.1) is 23.7 Å². The first-order valence-electron chi connectivity index (χ1n) is 8.83. The zero-order valence-corrected chi connectivity index (χ0v) is 15.2. The summed E-state index contributed by atoms with van der Waals surface area (Å²) >= 11 is 0. The maximum Gasteiger partial charge on any atom is 0.514 e. The van der Waals surface area contributed by atoms with Crippen molar-refractivity contribution in [1.82, 2.24) is 9.88 Å². The predicted octanol–water partition coefficient (Wildman–Crippen LogP) is 2.24. The van der Waals surface area contributed by atoms with Gasteiger partial charge in [-0.15, -0.1) is 0 Å². The smallest absolute Gasteiger partial charge is 0.434 e. The molecule has 1 aromatic carbocycles. The molecule has 3 rings (SSSR count). The molecule has 0 amide bonds. The lowest BCUT2D eigenvalue weighted by Crippen LogP contribution is -2.44. The van der Waals surface area contributed by atoms with Crippen LogP contribution >= 0.6 is 0 Å². The van der Waals surface area contributed by atoms with Crippen LogP contribution in [0.3, 0.4) is 0 Å². The zero-order valence-electron chi connectivity index (χ0n) is 15.2. The summed E-state index contributed by atoms with van der Waals surface area (Å²) in [5, 5.41) is 2.94. The summed E-state index contributed by atoms with van der Waals surface area (Å²) in [6, 6.07) is 1.00. The number of pyridine rings is 1. The maximum absolute atomic E-state index is 15.3. The second kappa shape index (κ2) is 7.91. The van der Waals surface area contributed by atoms with E-state index in [0.29, 0.717) is 32.7 Å². The van der Waals surface area contributed by atoms with Gasteiger partial charge >= 0.3 is 6.16 Å². The van der Waals surface area contributed by atoms with Crippen molar-refractivity contribution in [1.29, 1.82) is 0 Å². The van der Waals surface area contributed by atoms with E-state index in [-0.39, 0.29) is 28.9 Å². The van der Waals surface area contributed by atoms with Crippen LogP contribution < -0.4 is 20.4 Å². The average Bonchev–Trinajstić information content (AvgIpc) is 2.65. The molecular weight excluding hydrogens is 360 g/mol. The summed E-state index contributed by atoms with van der Waals surface area (Å²) in [6.07, 6.45) is 0.194. The van der Waals surface area contributed by atoms with E-state index in [1.54, 1.807) is 18.7 Å². The lowest BCUT2D eigenvalue weighted by atomic mass is 10.1. The van der Waals surface area contributed by atoms with Crippen LogP contribution in [0.1, 0.15) is 13.8 Å².